The van der Waals surface area contributed by atoms with Crippen molar-refractivity contribution in [1.29, 1.82) is 0 Å². The van der Waals surface area contributed by atoms with Crippen LogP contribution in [0.3, 0.4) is 0 Å². The van der Waals surface area contributed by atoms with Crippen LogP contribution in [0.15, 0.2) is 127 Å². The summed E-state index contributed by atoms with van der Waals surface area (Å²) in [4.78, 5) is 34.7. The Bertz CT molecular complexity index is 2510. The fourth-order valence-electron chi connectivity index (χ4n) is 6.15. The molecule has 0 radical (unpaired) electrons. The van der Waals surface area contributed by atoms with Crippen molar-refractivity contribution in [3.05, 3.63) is 139 Å². The Balaban J connectivity index is 0.000000174. The molecule has 3 heterocycles. The molecule has 0 unspecified atom stereocenters. The van der Waals surface area contributed by atoms with Gasteiger partial charge in [0.25, 0.3) is 0 Å². The predicted molar refractivity (Wildman–Crippen MR) is 220 cm³/mol. The van der Waals surface area contributed by atoms with Gasteiger partial charge in [-0.15, -0.1) is 0 Å². The van der Waals surface area contributed by atoms with E-state index in [1.54, 1.807) is 87.0 Å². The molecule has 5 aromatic carbocycles. The molecule has 0 bridgehead atoms. The van der Waals surface area contributed by atoms with Gasteiger partial charge in [0.2, 0.25) is 0 Å². The van der Waals surface area contributed by atoms with E-state index in [9.17, 15) is 19.8 Å². The van der Waals surface area contributed by atoms with Crippen molar-refractivity contribution >= 4 is 62.4 Å². The second kappa shape index (κ2) is 17.4. The fraction of sp³-hybridized carbons (Fsp3) is 0.136. The summed E-state index contributed by atoms with van der Waals surface area (Å²) < 4.78 is 21.6. The largest absolute Gasteiger partial charge is 0.497 e. The van der Waals surface area contributed by atoms with Crippen LogP contribution in [-0.4, -0.2) is 72.6 Å². The van der Waals surface area contributed by atoms with Crippen molar-refractivity contribution in [2.24, 2.45) is 0 Å². The van der Waals surface area contributed by atoms with Crippen molar-refractivity contribution < 1.29 is 38.7 Å². The normalized spacial score (nSPS) is 12.3. The lowest BCUT2D eigenvalue weighted by atomic mass is 10.1. The molecule has 7 aromatic rings. The number of benzene rings is 5. The van der Waals surface area contributed by atoms with Crippen LogP contribution >= 0.6 is 0 Å². The highest BCUT2D eigenvalue weighted by Crippen LogP contribution is 2.30. The van der Waals surface area contributed by atoms with E-state index in [0.29, 0.717) is 39.8 Å². The van der Waals surface area contributed by atoms with Crippen molar-refractivity contribution in [3.8, 4) is 23.0 Å². The van der Waals surface area contributed by atoms with E-state index in [1.165, 1.54) is 0 Å². The number of aromatic carboxylic acids is 2. The van der Waals surface area contributed by atoms with Crippen LogP contribution in [0.1, 0.15) is 20.7 Å². The molecule has 0 saturated carbocycles. The van der Waals surface area contributed by atoms with Gasteiger partial charge in [-0.25, -0.2) is 19.6 Å². The number of morpholine rings is 1. The van der Waals surface area contributed by atoms with Gasteiger partial charge in [-0.3, -0.25) is 0 Å². The average molecular weight is 766 g/mol. The number of ether oxygens (including phenoxy) is 4. The molecule has 0 atom stereocenters. The number of hydrogen-bond acceptors (Lipinski definition) is 11. The molecule has 8 rings (SSSR count). The average Bonchev–Trinajstić information content (AvgIpc) is 3.24. The summed E-state index contributed by atoms with van der Waals surface area (Å²) in [5.41, 5.74) is 4.10. The number of pyridine rings is 2. The van der Waals surface area contributed by atoms with E-state index in [-0.39, 0.29) is 16.9 Å². The van der Waals surface area contributed by atoms with Crippen LogP contribution in [0.25, 0.3) is 21.8 Å². The second-order valence-electron chi connectivity index (χ2n) is 12.8. The third-order valence-electron chi connectivity index (χ3n) is 9.11. The maximum absolute atomic E-state index is 11.7. The molecule has 13 nitrogen and oxygen atoms in total. The number of rotatable bonds is 11. The number of fused-ring (bicyclic) bond motifs is 2. The molecule has 0 aliphatic carbocycles. The highest BCUT2D eigenvalue weighted by molar-refractivity contribution is 6.00. The Hall–Kier alpha value is -7.38. The van der Waals surface area contributed by atoms with Crippen molar-refractivity contribution in [2.75, 3.05) is 56.1 Å². The Morgan fingerprint density at radius 3 is 1.53 bits per heavy atom. The number of para-hydroxylation sites is 1. The van der Waals surface area contributed by atoms with Crippen LogP contribution in [0.2, 0.25) is 0 Å². The minimum absolute atomic E-state index is 0.0901. The molecule has 288 valence electrons. The molecule has 4 N–H and O–H groups in total. The highest BCUT2D eigenvalue weighted by Gasteiger charge is 2.17. The van der Waals surface area contributed by atoms with E-state index in [4.69, 9.17) is 18.9 Å². The van der Waals surface area contributed by atoms with Crippen LogP contribution in [0.4, 0.5) is 28.7 Å². The van der Waals surface area contributed by atoms with E-state index in [0.717, 1.165) is 54.2 Å². The summed E-state index contributed by atoms with van der Waals surface area (Å²) in [7, 11) is 3.16. The summed E-state index contributed by atoms with van der Waals surface area (Å²) in [5.74, 6) is 1.22. The second-order valence-corrected chi connectivity index (χ2v) is 12.8. The molecular weight excluding hydrogens is 727 g/mol. The minimum Gasteiger partial charge on any atom is -0.497 e. The molecule has 13 heteroatoms. The van der Waals surface area contributed by atoms with Gasteiger partial charge in [0.05, 0.1) is 38.5 Å². The first kappa shape index (κ1) is 37.9. The maximum Gasteiger partial charge on any atom is 0.339 e. The molecule has 1 saturated heterocycles. The Morgan fingerprint density at radius 1 is 0.596 bits per heavy atom. The summed E-state index contributed by atoms with van der Waals surface area (Å²) >= 11 is 0. The van der Waals surface area contributed by atoms with E-state index in [2.05, 4.69) is 25.5 Å². The number of nitrogens with zero attached hydrogens (tertiary/aromatic N) is 3. The quantitative estimate of drug-likeness (QED) is 0.0987. The molecule has 1 fully saturated rings. The standard InChI is InChI=1S/C23H18N2O4.C21H21N3O4/c1-28-19-10-7-15-13-20(23(26)27)22(25-21(15)14-19)24-16-8-11-18(12-9-16)29-17-5-3-2-4-6-17;1-27-17-7-2-14-12-18(21(25)26)20(23-19(14)13-17)22-15-3-5-16(6-4-15)24-8-10-28-11-9-24/h2-14H,1H3,(H,24,25)(H,26,27);2-7,12-13H,8-11H2,1H3,(H,22,23)(H,25,26). The number of hydrogen-bond donors (Lipinski definition) is 4. The zero-order valence-electron chi connectivity index (χ0n) is 31.1. The number of nitrogens with one attached hydrogen (secondary N) is 2. The van der Waals surface area contributed by atoms with Gasteiger partial charge < -0.3 is 44.7 Å². The van der Waals surface area contributed by atoms with Gasteiger partial charge in [0, 0.05) is 53.1 Å². The van der Waals surface area contributed by atoms with Crippen molar-refractivity contribution in [2.45, 2.75) is 0 Å². The van der Waals surface area contributed by atoms with Gasteiger partial charge >= 0.3 is 11.9 Å². The van der Waals surface area contributed by atoms with Gasteiger partial charge in [0.1, 0.15) is 45.8 Å². The van der Waals surface area contributed by atoms with Crippen LogP contribution in [-0.2, 0) is 4.74 Å². The first-order valence-corrected chi connectivity index (χ1v) is 18.0. The number of aromatic nitrogens is 2. The van der Waals surface area contributed by atoms with E-state index < -0.39 is 11.9 Å². The molecule has 1 aliphatic heterocycles. The zero-order valence-corrected chi connectivity index (χ0v) is 31.1. The Labute approximate surface area is 328 Å². The summed E-state index contributed by atoms with van der Waals surface area (Å²) in [6.07, 6.45) is 0. The Morgan fingerprint density at radius 2 is 1.05 bits per heavy atom. The lowest BCUT2D eigenvalue weighted by molar-refractivity contribution is 0.0687. The first-order valence-electron chi connectivity index (χ1n) is 18.0. The third kappa shape index (κ3) is 9.30. The van der Waals surface area contributed by atoms with Gasteiger partial charge in [-0.2, -0.15) is 0 Å². The number of anilines is 5. The van der Waals surface area contributed by atoms with Crippen molar-refractivity contribution in [3.63, 3.8) is 0 Å². The number of carboxylic acid groups (broad SMARTS) is 2. The summed E-state index contributed by atoms with van der Waals surface area (Å²) in [5, 5.41) is 26.9. The van der Waals surface area contributed by atoms with Crippen molar-refractivity contribution in [1.82, 2.24) is 9.97 Å². The predicted octanol–water partition coefficient (Wildman–Crippen LogP) is 9.00. The topological polar surface area (TPSA) is 165 Å². The van der Waals surface area contributed by atoms with E-state index >= 15 is 0 Å². The van der Waals surface area contributed by atoms with E-state index in [1.807, 2.05) is 54.6 Å². The third-order valence-corrected chi connectivity index (χ3v) is 9.11. The highest BCUT2D eigenvalue weighted by atomic mass is 16.5. The molecular formula is C44H39N5O8. The molecule has 0 amide bonds. The summed E-state index contributed by atoms with van der Waals surface area (Å²) in [6, 6.07) is 38.5. The lowest BCUT2D eigenvalue weighted by Crippen LogP contribution is -2.36. The smallest absolute Gasteiger partial charge is 0.339 e. The number of methoxy groups -OCH3 is 2. The minimum atomic E-state index is -1.05. The fourth-order valence-corrected chi connectivity index (χ4v) is 6.15. The summed E-state index contributed by atoms with van der Waals surface area (Å²) in [6.45, 7) is 3.19. The van der Waals surface area contributed by atoms with Crippen LogP contribution in [0.5, 0.6) is 23.0 Å². The Kier molecular flexibility index (Phi) is 11.6. The monoisotopic (exact) mass is 765 g/mol. The molecule has 1 aliphatic rings. The van der Waals surface area contributed by atoms with Gasteiger partial charge in [-0.05, 0) is 97.1 Å². The zero-order chi connectivity index (χ0) is 39.7. The molecule has 2 aromatic heterocycles. The number of carbonyl (C=O) groups is 2. The molecule has 0 spiro atoms. The van der Waals surface area contributed by atoms with Gasteiger partial charge in [-0.1, -0.05) is 18.2 Å². The maximum atomic E-state index is 11.7. The first-order chi connectivity index (χ1) is 27.8. The van der Waals surface area contributed by atoms with Gasteiger partial charge in [0.15, 0.2) is 0 Å². The van der Waals surface area contributed by atoms with Crippen LogP contribution in [0, 0.1) is 0 Å². The molecule has 57 heavy (non-hydrogen) atoms. The SMILES string of the molecule is COc1ccc2cc(C(=O)O)c(Nc3ccc(N4CCOCC4)cc3)nc2c1.COc1ccc2cc(C(=O)O)c(Nc3ccc(Oc4ccccc4)cc3)nc2c1. The van der Waals surface area contributed by atoms with Crippen LogP contribution < -0.4 is 29.7 Å². The lowest BCUT2D eigenvalue weighted by Gasteiger charge is -2.28. The number of carboxylic acids is 2.